The van der Waals surface area contributed by atoms with Gasteiger partial charge in [0.1, 0.15) is 0 Å². The van der Waals surface area contributed by atoms with Crippen LogP contribution < -0.4 is 16.0 Å². The van der Waals surface area contributed by atoms with Crippen LogP contribution in [-0.2, 0) is 20.0 Å². The Balaban J connectivity index is 2.02. The average molecular weight is 385 g/mol. The zero-order chi connectivity index (χ0) is 20.7. The van der Waals surface area contributed by atoms with Crippen LogP contribution in [0.2, 0.25) is 0 Å². The van der Waals surface area contributed by atoms with Gasteiger partial charge in [-0.05, 0) is 57.4 Å². The summed E-state index contributed by atoms with van der Waals surface area (Å²) in [5.74, 6) is 0.699. The van der Waals surface area contributed by atoms with Crippen LogP contribution in [0.5, 0.6) is 0 Å². The predicted molar refractivity (Wildman–Crippen MR) is 114 cm³/mol. The fourth-order valence-electron chi connectivity index (χ4n) is 3.10. The first kappa shape index (κ1) is 21.5. The van der Waals surface area contributed by atoms with E-state index >= 15 is 0 Å². The Bertz CT molecular complexity index is 822. The predicted octanol–water partition coefficient (Wildman–Crippen LogP) is 2.08. The van der Waals surface area contributed by atoms with Crippen molar-refractivity contribution in [3.8, 4) is 0 Å². The Morgan fingerprint density at radius 3 is 2.46 bits per heavy atom. The number of aliphatic imine (C=N–C) groups is 1. The Morgan fingerprint density at radius 2 is 1.93 bits per heavy atom. The highest BCUT2D eigenvalue weighted by molar-refractivity contribution is 5.93. The van der Waals surface area contributed by atoms with Crippen LogP contribution in [0.15, 0.2) is 29.3 Å². The third kappa shape index (κ3) is 5.58. The van der Waals surface area contributed by atoms with Crippen molar-refractivity contribution in [1.29, 1.82) is 0 Å². The van der Waals surface area contributed by atoms with E-state index in [1.165, 1.54) is 11.3 Å². The number of hydrogen-bond donors (Lipinski definition) is 3. The molecular formula is C21H32N6O. The van der Waals surface area contributed by atoms with Crippen LogP contribution in [0.1, 0.15) is 46.7 Å². The topological polar surface area (TPSA) is 83.3 Å². The molecule has 28 heavy (non-hydrogen) atoms. The van der Waals surface area contributed by atoms with Gasteiger partial charge in [-0.3, -0.25) is 9.48 Å². The van der Waals surface area contributed by atoms with Crippen molar-refractivity contribution in [1.82, 2.24) is 25.7 Å². The highest BCUT2D eigenvalue weighted by Gasteiger charge is 2.14. The second-order valence-electron chi connectivity index (χ2n) is 6.99. The van der Waals surface area contributed by atoms with Gasteiger partial charge in [0.2, 0.25) is 0 Å². The van der Waals surface area contributed by atoms with Crippen LogP contribution in [-0.4, -0.2) is 41.3 Å². The third-order valence-electron chi connectivity index (χ3n) is 4.76. The van der Waals surface area contributed by atoms with E-state index in [2.05, 4.69) is 53.7 Å². The van der Waals surface area contributed by atoms with E-state index in [0.29, 0.717) is 12.1 Å². The quantitative estimate of drug-likeness (QED) is 0.504. The molecule has 1 heterocycles. The molecule has 2 rings (SSSR count). The van der Waals surface area contributed by atoms with Crippen LogP contribution in [0, 0.1) is 13.8 Å². The molecule has 152 valence electrons. The van der Waals surface area contributed by atoms with E-state index in [0.717, 1.165) is 30.2 Å². The molecule has 1 aromatic carbocycles. The summed E-state index contributed by atoms with van der Waals surface area (Å²) in [5, 5.41) is 13.9. The van der Waals surface area contributed by atoms with E-state index in [1.54, 1.807) is 7.05 Å². The maximum absolute atomic E-state index is 11.6. The Kier molecular flexibility index (Phi) is 7.61. The van der Waals surface area contributed by atoms with Gasteiger partial charge in [-0.15, -0.1) is 0 Å². The first-order valence-electron chi connectivity index (χ1n) is 9.70. The monoisotopic (exact) mass is 384 g/mol. The molecular weight excluding hydrogens is 352 g/mol. The van der Waals surface area contributed by atoms with Crippen LogP contribution in [0.3, 0.4) is 0 Å². The Morgan fingerprint density at radius 1 is 1.25 bits per heavy atom. The minimum Gasteiger partial charge on any atom is -0.357 e. The van der Waals surface area contributed by atoms with E-state index < -0.39 is 0 Å². The smallest absolute Gasteiger partial charge is 0.251 e. The normalized spacial score (nSPS) is 12.6. The summed E-state index contributed by atoms with van der Waals surface area (Å²) in [6.45, 7) is 9.69. The number of amides is 1. The van der Waals surface area contributed by atoms with E-state index in [-0.39, 0.29) is 11.9 Å². The number of carbonyl (C=O) groups is 1. The number of guanidine groups is 1. The lowest BCUT2D eigenvalue weighted by Gasteiger charge is -2.18. The maximum atomic E-state index is 11.6. The van der Waals surface area contributed by atoms with Crippen molar-refractivity contribution in [2.75, 3.05) is 13.6 Å². The molecule has 0 aliphatic heterocycles. The summed E-state index contributed by atoms with van der Waals surface area (Å²) in [6.07, 6.45) is 0.886. The lowest BCUT2D eigenvalue weighted by Crippen LogP contribution is -2.43. The van der Waals surface area contributed by atoms with Gasteiger partial charge >= 0.3 is 0 Å². The molecule has 0 bridgehead atoms. The van der Waals surface area contributed by atoms with Crippen molar-refractivity contribution in [2.45, 2.75) is 46.7 Å². The summed E-state index contributed by atoms with van der Waals surface area (Å²) in [7, 11) is 3.61. The van der Waals surface area contributed by atoms with E-state index in [1.807, 2.05) is 36.0 Å². The summed E-state index contributed by atoms with van der Waals surface area (Å²) in [6, 6.07) is 7.73. The molecule has 0 saturated heterocycles. The highest BCUT2D eigenvalue weighted by Crippen LogP contribution is 2.14. The number of nitrogens with zero attached hydrogens (tertiary/aromatic N) is 3. The SMILES string of the molecule is CCNC(=NCc1ccc(C(=O)NC)cc1)NC(C)Cc1c(C)nn(C)c1C. The molecule has 0 radical (unpaired) electrons. The van der Waals surface area contributed by atoms with Crippen molar-refractivity contribution in [3.63, 3.8) is 0 Å². The molecule has 0 spiro atoms. The number of aryl methyl sites for hydroxylation is 2. The summed E-state index contributed by atoms with van der Waals surface area (Å²) >= 11 is 0. The molecule has 3 N–H and O–H groups in total. The molecule has 7 heteroatoms. The molecule has 1 atom stereocenters. The van der Waals surface area contributed by atoms with Crippen molar-refractivity contribution >= 4 is 11.9 Å². The Labute approximate surface area is 167 Å². The van der Waals surface area contributed by atoms with E-state index in [4.69, 9.17) is 0 Å². The molecule has 1 amide bonds. The second-order valence-corrected chi connectivity index (χ2v) is 6.99. The number of carbonyl (C=O) groups excluding carboxylic acids is 1. The van der Waals surface area contributed by atoms with Gasteiger partial charge in [-0.2, -0.15) is 5.10 Å². The molecule has 0 saturated carbocycles. The fourth-order valence-corrected chi connectivity index (χ4v) is 3.10. The van der Waals surface area contributed by atoms with Crippen LogP contribution >= 0.6 is 0 Å². The average Bonchev–Trinajstić information content (AvgIpc) is 2.92. The lowest BCUT2D eigenvalue weighted by molar-refractivity contribution is 0.0963. The molecule has 1 unspecified atom stereocenters. The third-order valence-corrected chi connectivity index (χ3v) is 4.76. The van der Waals surface area contributed by atoms with Crippen molar-refractivity contribution in [3.05, 3.63) is 52.3 Å². The van der Waals surface area contributed by atoms with E-state index in [9.17, 15) is 4.79 Å². The largest absolute Gasteiger partial charge is 0.357 e. The van der Waals surface area contributed by atoms with Crippen LogP contribution in [0.4, 0.5) is 0 Å². The summed E-state index contributed by atoms with van der Waals surface area (Å²) in [4.78, 5) is 16.3. The standard InChI is InChI=1S/C21H32N6O/c1-7-23-21(24-13-17-8-10-18(11-9-17)20(28)22-5)25-14(2)12-19-15(3)26-27(6)16(19)4/h8-11,14H,7,12-13H2,1-6H3,(H,22,28)(H2,23,24,25). The molecule has 0 fully saturated rings. The second kappa shape index (κ2) is 9.92. The number of rotatable bonds is 7. The minimum absolute atomic E-state index is 0.0835. The first-order chi connectivity index (χ1) is 13.3. The molecule has 1 aromatic heterocycles. The number of nitrogens with one attached hydrogen (secondary N) is 3. The molecule has 2 aromatic rings. The molecule has 0 aliphatic rings. The number of benzene rings is 1. The zero-order valence-electron chi connectivity index (χ0n) is 17.8. The molecule has 7 nitrogen and oxygen atoms in total. The van der Waals surface area contributed by atoms with Gasteiger partial charge < -0.3 is 16.0 Å². The van der Waals surface area contributed by atoms with Crippen LogP contribution in [0.25, 0.3) is 0 Å². The van der Waals surface area contributed by atoms with Gasteiger partial charge in [-0.1, -0.05) is 12.1 Å². The van der Waals surface area contributed by atoms with Crippen molar-refractivity contribution < 1.29 is 4.79 Å². The van der Waals surface area contributed by atoms with Gasteiger partial charge in [-0.25, -0.2) is 4.99 Å². The number of hydrogen-bond acceptors (Lipinski definition) is 3. The highest BCUT2D eigenvalue weighted by atomic mass is 16.1. The van der Waals surface area contributed by atoms with Crippen molar-refractivity contribution in [2.24, 2.45) is 12.0 Å². The summed E-state index contributed by atoms with van der Waals surface area (Å²) < 4.78 is 1.93. The Hall–Kier alpha value is -2.83. The van der Waals surface area contributed by atoms with Gasteiger partial charge in [0.25, 0.3) is 5.91 Å². The van der Waals surface area contributed by atoms with Gasteiger partial charge in [0, 0.05) is 37.9 Å². The number of aromatic nitrogens is 2. The van der Waals surface area contributed by atoms with Gasteiger partial charge in [0.05, 0.1) is 12.2 Å². The maximum Gasteiger partial charge on any atom is 0.251 e. The molecule has 0 aliphatic carbocycles. The van der Waals surface area contributed by atoms with Gasteiger partial charge in [0.15, 0.2) is 5.96 Å². The zero-order valence-corrected chi connectivity index (χ0v) is 17.8. The fraction of sp³-hybridized carbons (Fsp3) is 0.476. The first-order valence-corrected chi connectivity index (χ1v) is 9.70. The lowest BCUT2D eigenvalue weighted by atomic mass is 10.1. The minimum atomic E-state index is -0.0835. The summed E-state index contributed by atoms with van der Waals surface area (Å²) in [5.41, 5.74) is 5.26.